The molecule has 0 spiro atoms. The van der Waals surface area contributed by atoms with Gasteiger partial charge < -0.3 is 4.90 Å². The first-order valence-corrected chi connectivity index (χ1v) is 5.66. The number of halogens is 2. The van der Waals surface area contributed by atoms with E-state index in [0.29, 0.717) is 0 Å². The van der Waals surface area contributed by atoms with E-state index in [4.69, 9.17) is 11.6 Å². The molecule has 0 heterocycles. The highest BCUT2D eigenvalue weighted by Crippen LogP contribution is 1.99. The molecule has 0 bridgehead atoms. The van der Waals surface area contributed by atoms with Crippen LogP contribution in [0.2, 0.25) is 0 Å². The van der Waals surface area contributed by atoms with Crippen LogP contribution < -0.4 is 0 Å². The van der Waals surface area contributed by atoms with E-state index in [1.165, 1.54) is 38.9 Å². The molecule has 3 heteroatoms. The molecule has 13 heavy (non-hydrogen) atoms. The van der Waals surface area contributed by atoms with Gasteiger partial charge in [0.05, 0.1) is 0 Å². The average molecular weight is 228 g/mol. The molecule has 0 aliphatic heterocycles. The Labute approximate surface area is 94.2 Å². The first kappa shape index (κ1) is 16.0. The summed E-state index contributed by atoms with van der Waals surface area (Å²) in [6.45, 7) is 8.20. The van der Waals surface area contributed by atoms with Gasteiger partial charge in [0.25, 0.3) is 0 Å². The Hall–Kier alpha value is 0.540. The predicted molar refractivity (Wildman–Crippen MR) is 64.2 cm³/mol. The zero-order valence-electron chi connectivity index (χ0n) is 8.89. The van der Waals surface area contributed by atoms with E-state index in [0.717, 1.165) is 12.3 Å². The van der Waals surface area contributed by atoms with Crippen molar-refractivity contribution >= 4 is 24.0 Å². The van der Waals surface area contributed by atoms with Crippen LogP contribution in [-0.4, -0.2) is 30.4 Å². The Bertz CT molecular complexity index is 83.0. The molecule has 0 aromatic carbocycles. The Balaban J connectivity index is 0. The van der Waals surface area contributed by atoms with Crippen LogP contribution in [0.1, 0.15) is 39.5 Å². The molecule has 0 saturated carbocycles. The van der Waals surface area contributed by atoms with E-state index in [-0.39, 0.29) is 12.4 Å². The third-order valence-electron chi connectivity index (χ3n) is 1.94. The topological polar surface area (TPSA) is 3.24 Å². The summed E-state index contributed by atoms with van der Waals surface area (Å²) in [6.07, 6.45) is 4.94. The molecule has 0 rings (SSSR count). The fraction of sp³-hybridized carbons (Fsp3) is 1.00. The lowest BCUT2D eigenvalue weighted by Gasteiger charge is -2.20. The number of alkyl halides is 1. The van der Waals surface area contributed by atoms with E-state index < -0.39 is 0 Å². The van der Waals surface area contributed by atoms with Crippen LogP contribution in [0.4, 0.5) is 0 Å². The van der Waals surface area contributed by atoms with Gasteiger partial charge in [-0.05, 0) is 45.3 Å². The highest BCUT2D eigenvalue weighted by molar-refractivity contribution is 6.17. The fourth-order valence-corrected chi connectivity index (χ4v) is 1.59. The molecule has 0 aliphatic rings. The third kappa shape index (κ3) is 10.5. The van der Waals surface area contributed by atoms with Gasteiger partial charge in [-0.2, -0.15) is 0 Å². The van der Waals surface area contributed by atoms with E-state index in [1.807, 2.05) is 0 Å². The van der Waals surface area contributed by atoms with Crippen LogP contribution in [-0.2, 0) is 0 Å². The second-order valence-electron chi connectivity index (χ2n) is 3.24. The summed E-state index contributed by atoms with van der Waals surface area (Å²) in [6, 6.07) is 0. The molecular formula is C10H23Cl2N. The van der Waals surface area contributed by atoms with E-state index >= 15 is 0 Å². The van der Waals surface area contributed by atoms with Crippen molar-refractivity contribution in [1.82, 2.24) is 4.90 Å². The molecule has 0 unspecified atom stereocenters. The van der Waals surface area contributed by atoms with Crippen molar-refractivity contribution in [3.8, 4) is 0 Å². The van der Waals surface area contributed by atoms with E-state index in [2.05, 4.69) is 18.7 Å². The van der Waals surface area contributed by atoms with Crippen LogP contribution in [0, 0.1) is 0 Å². The minimum atomic E-state index is 0. The first-order valence-electron chi connectivity index (χ1n) is 5.13. The lowest BCUT2D eigenvalue weighted by molar-refractivity contribution is 0.270. The van der Waals surface area contributed by atoms with Crippen LogP contribution in [0.25, 0.3) is 0 Å². The monoisotopic (exact) mass is 227 g/mol. The summed E-state index contributed by atoms with van der Waals surface area (Å²) in [4.78, 5) is 2.53. The Morgan fingerprint density at radius 1 is 0.923 bits per heavy atom. The zero-order chi connectivity index (χ0) is 9.23. The summed E-state index contributed by atoms with van der Waals surface area (Å²) in [5.74, 6) is 0.812. The number of nitrogens with zero attached hydrogens (tertiary/aromatic N) is 1. The third-order valence-corrected chi connectivity index (χ3v) is 2.20. The molecule has 1 nitrogen and oxygen atoms in total. The number of rotatable bonds is 8. The number of unbranched alkanes of at least 4 members (excludes halogenated alkanes) is 1. The maximum Gasteiger partial charge on any atom is 0.0223 e. The minimum absolute atomic E-state index is 0. The Morgan fingerprint density at radius 3 is 1.85 bits per heavy atom. The van der Waals surface area contributed by atoms with Gasteiger partial charge in [-0.25, -0.2) is 0 Å². The van der Waals surface area contributed by atoms with E-state index in [9.17, 15) is 0 Å². The van der Waals surface area contributed by atoms with Gasteiger partial charge in [-0.1, -0.05) is 13.8 Å². The van der Waals surface area contributed by atoms with Crippen molar-refractivity contribution in [2.45, 2.75) is 39.5 Å². The van der Waals surface area contributed by atoms with Crippen molar-refractivity contribution < 1.29 is 0 Å². The second kappa shape index (κ2) is 12.5. The highest BCUT2D eigenvalue weighted by atomic mass is 35.5. The van der Waals surface area contributed by atoms with Crippen molar-refractivity contribution in [3.63, 3.8) is 0 Å². The lowest BCUT2D eigenvalue weighted by Crippen LogP contribution is -2.26. The molecule has 0 aromatic rings. The zero-order valence-corrected chi connectivity index (χ0v) is 10.5. The molecule has 82 valence electrons. The number of hydrogen-bond acceptors (Lipinski definition) is 1. The molecule has 0 amide bonds. The van der Waals surface area contributed by atoms with Gasteiger partial charge in [0.2, 0.25) is 0 Å². The molecule has 0 fully saturated rings. The largest absolute Gasteiger partial charge is 0.303 e. The fourth-order valence-electron chi connectivity index (χ4n) is 1.40. The van der Waals surface area contributed by atoms with Crippen molar-refractivity contribution in [1.29, 1.82) is 0 Å². The molecule has 0 aromatic heterocycles. The van der Waals surface area contributed by atoms with Gasteiger partial charge in [-0.3, -0.25) is 0 Å². The Kier molecular flexibility index (Phi) is 15.4. The van der Waals surface area contributed by atoms with Gasteiger partial charge in [0, 0.05) is 5.88 Å². The van der Waals surface area contributed by atoms with Crippen molar-refractivity contribution in [2.75, 3.05) is 25.5 Å². The summed E-state index contributed by atoms with van der Waals surface area (Å²) < 4.78 is 0. The molecule has 0 aliphatic carbocycles. The Morgan fingerprint density at radius 2 is 1.46 bits per heavy atom. The molecular weight excluding hydrogens is 205 g/mol. The first-order chi connectivity index (χ1) is 5.85. The summed E-state index contributed by atoms with van der Waals surface area (Å²) in [5, 5.41) is 0. The standard InChI is InChI=1S/C10H22ClN.ClH/c1-3-8-12(9-4-2)10-6-5-7-11;/h3-10H2,1-2H3;1H. The van der Waals surface area contributed by atoms with Crippen molar-refractivity contribution in [2.24, 2.45) is 0 Å². The molecule has 0 radical (unpaired) electrons. The van der Waals surface area contributed by atoms with E-state index in [1.54, 1.807) is 0 Å². The predicted octanol–water partition coefficient (Wildman–Crippen LogP) is 3.55. The van der Waals surface area contributed by atoms with Gasteiger partial charge in [0.1, 0.15) is 0 Å². The maximum absolute atomic E-state index is 5.62. The lowest BCUT2D eigenvalue weighted by atomic mass is 10.3. The van der Waals surface area contributed by atoms with Crippen molar-refractivity contribution in [3.05, 3.63) is 0 Å². The van der Waals surface area contributed by atoms with Gasteiger partial charge >= 0.3 is 0 Å². The van der Waals surface area contributed by atoms with Crippen LogP contribution in [0.5, 0.6) is 0 Å². The van der Waals surface area contributed by atoms with Gasteiger partial charge in [0.15, 0.2) is 0 Å². The smallest absolute Gasteiger partial charge is 0.0223 e. The summed E-state index contributed by atoms with van der Waals surface area (Å²) in [5.41, 5.74) is 0. The summed E-state index contributed by atoms with van der Waals surface area (Å²) in [7, 11) is 0. The molecule has 0 saturated heterocycles. The normalized spacial score (nSPS) is 10.2. The second-order valence-corrected chi connectivity index (χ2v) is 3.62. The quantitative estimate of drug-likeness (QED) is 0.453. The average Bonchev–Trinajstić information content (AvgIpc) is 2.06. The minimum Gasteiger partial charge on any atom is -0.303 e. The van der Waals surface area contributed by atoms with Crippen LogP contribution in [0.3, 0.4) is 0 Å². The summed E-state index contributed by atoms with van der Waals surface area (Å²) >= 11 is 5.62. The number of hydrogen-bond donors (Lipinski definition) is 0. The molecule has 0 N–H and O–H groups in total. The van der Waals surface area contributed by atoms with Gasteiger partial charge in [-0.15, -0.1) is 24.0 Å². The SMILES string of the molecule is CCCN(CCC)CCCCCl.Cl. The maximum atomic E-state index is 5.62. The van der Waals surface area contributed by atoms with Crippen LogP contribution in [0.15, 0.2) is 0 Å². The molecule has 0 atom stereocenters. The van der Waals surface area contributed by atoms with Crippen LogP contribution >= 0.6 is 24.0 Å². The highest BCUT2D eigenvalue weighted by Gasteiger charge is 2.00.